The van der Waals surface area contributed by atoms with Gasteiger partial charge in [-0.2, -0.15) is 25.4 Å². The monoisotopic (exact) mass is 845 g/mol. The van der Waals surface area contributed by atoms with Gasteiger partial charge in [0.1, 0.15) is 11.5 Å². The van der Waals surface area contributed by atoms with Crippen LogP contribution in [-0.4, -0.2) is 82.1 Å². The quantitative estimate of drug-likeness (QED) is 0.231. The number of rotatable bonds is 7. The number of nitrogens with zero attached hydrogens (tertiary/aromatic N) is 9. The maximum atomic E-state index is 13.5. The lowest BCUT2D eigenvalue weighted by molar-refractivity contribution is 0.415. The van der Waals surface area contributed by atoms with E-state index in [1.807, 2.05) is 13.0 Å². The smallest absolute Gasteiger partial charge is 0.281 e. The molecule has 60 heavy (non-hydrogen) atoms. The van der Waals surface area contributed by atoms with Gasteiger partial charge in [-0.15, -0.1) is 10.2 Å². The van der Waals surface area contributed by atoms with E-state index >= 15 is 0 Å². The minimum Gasteiger partial charge on any atom is -0.497 e. The average molecular weight is 846 g/mol. The molecule has 0 saturated heterocycles. The van der Waals surface area contributed by atoms with Crippen LogP contribution in [0.3, 0.4) is 0 Å². The van der Waals surface area contributed by atoms with E-state index in [0.717, 1.165) is 17.0 Å². The van der Waals surface area contributed by atoms with Crippen LogP contribution in [0.25, 0.3) is 33.1 Å². The number of hydrogen-bond donors (Lipinski definition) is 2. The molecular weight excluding hydrogens is 815 g/mol. The predicted octanol–water partition coefficient (Wildman–Crippen LogP) is 3.88. The molecule has 5 heterocycles. The number of aryl methyl sites for hydroxylation is 2. The van der Waals surface area contributed by atoms with Crippen molar-refractivity contribution in [2.75, 3.05) is 14.2 Å². The first-order valence-corrected chi connectivity index (χ1v) is 20.7. The first-order valence-electron chi connectivity index (χ1n) is 17.8. The van der Waals surface area contributed by atoms with Gasteiger partial charge in [0.05, 0.1) is 63.2 Å². The highest BCUT2D eigenvalue weighted by Crippen LogP contribution is 2.29. The van der Waals surface area contributed by atoms with Gasteiger partial charge in [-0.3, -0.25) is 9.59 Å². The van der Waals surface area contributed by atoms with Gasteiger partial charge < -0.3 is 9.47 Å². The molecular formula is C39H31N11O8S2. The standard InChI is InChI=1S/C21H18N6O4S.C18H13N5O4S/c1-11-8-13(16-9-12(2)23-24-16)4-7-18(11)32(29,30)21-19-22-20(28)15-6-5-14(31-3)10-17(15)27(19)26-25-21;1-10-7-11(9-19)3-6-15(10)28(25,26)18-16-20-17(24)13-5-4-12(27-2)8-14(13)23(16)22-21-18/h4-8,10,26H,9H2,1-3H3;3-8,22H,1-2H3. The second-order valence-electron chi connectivity index (χ2n) is 13.6. The Labute approximate surface area is 339 Å². The van der Waals surface area contributed by atoms with E-state index in [9.17, 15) is 26.4 Å². The van der Waals surface area contributed by atoms with Crippen LogP contribution in [0.5, 0.6) is 11.5 Å². The topological polar surface area (TPSA) is 261 Å². The Morgan fingerprint density at radius 1 is 0.667 bits per heavy atom. The first kappa shape index (κ1) is 39.3. The highest BCUT2D eigenvalue weighted by Gasteiger charge is 2.30. The number of hydrogen-bond acceptors (Lipinski definition) is 15. The van der Waals surface area contributed by atoms with Gasteiger partial charge in [0.15, 0.2) is 11.3 Å². The lowest BCUT2D eigenvalue weighted by Crippen LogP contribution is -2.13. The minimum atomic E-state index is -4.08. The zero-order valence-corrected chi connectivity index (χ0v) is 33.9. The van der Waals surface area contributed by atoms with E-state index in [2.05, 4.69) is 40.8 Å². The van der Waals surface area contributed by atoms with E-state index in [-0.39, 0.29) is 31.1 Å². The summed E-state index contributed by atoms with van der Waals surface area (Å²) in [5, 5.41) is 30.3. The molecule has 302 valence electrons. The second-order valence-corrected chi connectivity index (χ2v) is 17.3. The third kappa shape index (κ3) is 6.52. The molecule has 0 saturated carbocycles. The van der Waals surface area contributed by atoms with Gasteiger partial charge in [0, 0.05) is 24.3 Å². The average Bonchev–Trinajstić information content (AvgIpc) is 3.99. The summed E-state index contributed by atoms with van der Waals surface area (Å²) in [7, 11) is -5.17. The summed E-state index contributed by atoms with van der Waals surface area (Å²) >= 11 is 0. The molecule has 0 fully saturated rings. The maximum absolute atomic E-state index is 13.5. The van der Waals surface area contributed by atoms with Gasteiger partial charge in [-0.25, -0.2) is 36.3 Å². The maximum Gasteiger partial charge on any atom is 0.281 e. The number of methoxy groups -OCH3 is 2. The number of nitriles is 1. The fourth-order valence-electron chi connectivity index (χ4n) is 6.77. The Morgan fingerprint density at radius 3 is 1.60 bits per heavy atom. The van der Waals surface area contributed by atoms with Gasteiger partial charge >= 0.3 is 0 Å². The summed E-state index contributed by atoms with van der Waals surface area (Å²) in [6.07, 6.45) is 0.624. The normalized spacial score (nSPS) is 12.9. The highest BCUT2D eigenvalue weighted by atomic mass is 32.2. The number of aromatic nitrogens is 8. The lowest BCUT2D eigenvalue weighted by atomic mass is 10.0. The summed E-state index contributed by atoms with van der Waals surface area (Å²) in [5.74, 6) is 1.00. The van der Waals surface area contributed by atoms with Crippen molar-refractivity contribution in [2.45, 2.75) is 47.0 Å². The van der Waals surface area contributed by atoms with Crippen molar-refractivity contribution in [3.05, 3.63) is 116 Å². The SMILES string of the molecule is COc1ccc2c(=O)nc3c(S(=O)(=O)c4ccc(C#N)cc4C)n[nH]n3c2c1.COc1ccc2c(=O)nc3c(S(=O)(=O)c4ccc(C5=NN=C(C)C5)cc4C)n[nH]n3c2c1. The number of sulfone groups is 2. The van der Waals surface area contributed by atoms with E-state index < -0.39 is 30.8 Å². The highest BCUT2D eigenvalue weighted by molar-refractivity contribution is 7.92. The molecule has 0 bridgehead atoms. The van der Waals surface area contributed by atoms with Crippen molar-refractivity contribution < 1.29 is 26.3 Å². The molecule has 0 aliphatic carbocycles. The summed E-state index contributed by atoms with van der Waals surface area (Å²) in [6.45, 7) is 5.18. The zero-order valence-electron chi connectivity index (χ0n) is 32.2. The Balaban J connectivity index is 0.000000168. The van der Waals surface area contributed by atoms with Crippen LogP contribution in [0.2, 0.25) is 0 Å². The number of fused-ring (bicyclic) bond motifs is 6. The molecule has 0 radical (unpaired) electrons. The number of H-pyrrole nitrogens is 2. The predicted molar refractivity (Wildman–Crippen MR) is 218 cm³/mol. The Hall–Kier alpha value is -7.57. The molecule has 0 unspecified atom stereocenters. The third-order valence-corrected chi connectivity index (χ3v) is 13.4. The molecule has 9 rings (SSSR count). The van der Waals surface area contributed by atoms with Crippen LogP contribution in [-0.2, 0) is 19.7 Å². The van der Waals surface area contributed by atoms with E-state index in [4.69, 9.17) is 14.7 Å². The second kappa shape index (κ2) is 14.7. The first-order chi connectivity index (χ1) is 28.7. The number of benzene rings is 4. The van der Waals surface area contributed by atoms with Crippen LogP contribution in [0, 0.1) is 25.2 Å². The molecule has 1 aliphatic rings. The molecule has 0 amide bonds. The molecule has 2 N–H and O–H groups in total. The third-order valence-electron chi connectivity index (χ3n) is 9.74. The van der Waals surface area contributed by atoms with Crippen molar-refractivity contribution in [1.82, 2.24) is 39.6 Å². The molecule has 4 aromatic carbocycles. The van der Waals surface area contributed by atoms with Crippen molar-refractivity contribution in [3.63, 3.8) is 0 Å². The molecule has 4 aromatic heterocycles. The number of aromatic amines is 2. The fraction of sp³-hybridized carbons (Fsp3) is 0.154. The van der Waals surface area contributed by atoms with E-state index in [1.54, 1.807) is 62.4 Å². The minimum absolute atomic E-state index is 0.0134. The molecule has 8 aromatic rings. The van der Waals surface area contributed by atoms with Gasteiger partial charge in [0.2, 0.25) is 29.7 Å². The lowest BCUT2D eigenvalue weighted by Gasteiger charge is -2.08. The van der Waals surface area contributed by atoms with Gasteiger partial charge in [-0.05, 0) is 92.1 Å². The Kier molecular flexibility index (Phi) is 9.60. The van der Waals surface area contributed by atoms with Crippen LogP contribution < -0.4 is 20.6 Å². The van der Waals surface area contributed by atoms with E-state index in [0.29, 0.717) is 56.4 Å². The van der Waals surface area contributed by atoms with Crippen molar-refractivity contribution in [3.8, 4) is 17.6 Å². The molecule has 21 heteroatoms. The Morgan fingerprint density at radius 2 is 1.17 bits per heavy atom. The van der Waals surface area contributed by atoms with Crippen molar-refractivity contribution in [2.24, 2.45) is 10.2 Å². The van der Waals surface area contributed by atoms with E-state index in [1.165, 1.54) is 47.5 Å². The summed E-state index contributed by atoms with van der Waals surface area (Å²) < 4.78 is 66.3. The molecule has 1 aliphatic heterocycles. The number of ether oxygens (including phenoxy) is 2. The Bertz CT molecular complexity index is 3580. The van der Waals surface area contributed by atoms with Crippen LogP contribution in [0.15, 0.2) is 112 Å². The largest absolute Gasteiger partial charge is 0.497 e. The summed E-state index contributed by atoms with van der Waals surface area (Å²) in [5.41, 5.74) is 3.23. The van der Waals surface area contributed by atoms with Crippen LogP contribution in [0.1, 0.15) is 35.6 Å². The molecule has 0 atom stereocenters. The molecule has 0 spiro atoms. The van der Waals surface area contributed by atoms with Gasteiger partial charge in [-0.1, -0.05) is 6.07 Å². The molecule has 19 nitrogen and oxygen atoms in total. The zero-order chi connectivity index (χ0) is 42.7. The van der Waals surface area contributed by atoms with Crippen LogP contribution >= 0.6 is 0 Å². The van der Waals surface area contributed by atoms with Crippen LogP contribution in [0.4, 0.5) is 0 Å². The fourth-order valence-corrected chi connectivity index (χ4v) is 9.72. The number of nitrogens with one attached hydrogen (secondary N) is 2. The van der Waals surface area contributed by atoms with Gasteiger partial charge in [0.25, 0.3) is 11.1 Å². The summed E-state index contributed by atoms with van der Waals surface area (Å²) in [4.78, 5) is 33.0. The summed E-state index contributed by atoms with van der Waals surface area (Å²) in [6, 6.07) is 20.8. The van der Waals surface area contributed by atoms with Crippen molar-refractivity contribution >= 4 is 64.2 Å². The van der Waals surface area contributed by atoms with Crippen molar-refractivity contribution in [1.29, 1.82) is 5.26 Å².